The Bertz CT molecular complexity index is 386. The van der Waals surface area contributed by atoms with Gasteiger partial charge >= 0.3 is 5.00 Å². The molecule has 17 heavy (non-hydrogen) atoms. The second-order valence-electron chi connectivity index (χ2n) is 4.46. The van der Waals surface area contributed by atoms with Crippen molar-refractivity contribution in [1.82, 2.24) is 10.2 Å². The number of likely N-dealkylation sites (tertiary alicyclic amines) is 1. The predicted octanol–water partition coefficient (Wildman–Crippen LogP) is 1.84. The zero-order chi connectivity index (χ0) is 12.3. The van der Waals surface area contributed by atoms with Gasteiger partial charge in [-0.15, -0.1) is 0 Å². The van der Waals surface area contributed by atoms with Crippen LogP contribution in [0.2, 0.25) is 0 Å². The summed E-state index contributed by atoms with van der Waals surface area (Å²) in [5.74, 6) is 0. The van der Waals surface area contributed by atoms with Crippen LogP contribution in [0.1, 0.15) is 17.7 Å². The van der Waals surface area contributed by atoms with Gasteiger partial charge < -0.3 is 10.2 Å². The van der Waals surface area contributed by atoms with Gasteiger partial charge in [-0.05, 0) is 39.0 Å². The van der Waals surface area contributed by atoms with Gasteiger partial charge in [0.05, 0.1) is 4.92 Å². The first-order chi connectivity index (χ1) is 8.15. The number of nitro groups is 1. The molecule has 0 radical (unpaired) electrons. The molecule has 1 aliphatic heterocycles. The maximum atomic E-state index is 10.5. The third-order valence-corrected chi connectivity index (χ3v) is 4.15. The Labute approximate surface area is 105 Å². The van der Waals surface area contributed by atoms with Crippen LogP contribution in [0.4, 0.5) is 5.00 Å². The van der Waals surface area contributed by atoms with E-state index in [1.54, 1.807) is 6.07 Å². The number of hydrogen-bond acceptors (Lipinski definition) is 5. The summed E-state index contributed by atoms with van der Waals surface area (Å²) < 4.78 is 0. The molecule has 0 aromatic carbocycles. The molecule has 0 aliphatic carbocycles. The molecule has 0 atom stereocenters. The van der Waals surface area contributed by atoms with Crippen LogP contribution < -0.4 is 5.32 Å². The zero-order valence-electron chi connectivity index (χ0n) is 9.89. The van der Waals surface area contributed by atoms with Crippen LogP contribution >= 0.6 is 11.3 Å². The van der Waals surface area contributed by atoms with Gasteiger partial charge in [0.25, 0.3) is 0 Å². The minimum absolute atomic E-state index is 0.227. The Kier molecular flexibility index (Phi) is 4.09. The fourth-order valence-corrected chi connectivity index (χ4v) is 2.79. The van der Waals surface area contributed by atoms with Gasteiger partial charge in [-0.2, -0.15) is 0 Å². The molecule has 1 aromatic rings. The first-order valence-electron chi connectivity index (χ1n) is 5.80. The highest BCUT2D eigenvalue weighted by atomic mass is 32.1. The first-order valence-corrected chi connectivity index (χ1v) is 6.62. The van der Waals surface area contributed by atoms with Gasteiger partial charge in [0.15, 0.2) is 0 Å². The number of piperidine rings is 1. The van der Waals surface area contributed by atoms with Gasteiger partial charge in [0.1, 0.15) is 0 Å². The molecule has 6 heteroatoms. The van der Waals surface area contributed by atoms with Crippen molar-refractivity contribution < 1.29 is 4.92 Å². The monoisotopic (exact) mass is 255 g/mol. The average molecular weight is 255 g/mol. The molecule has 2 heterocycles. The fourth-order valence-electron chi connectivity index (χ4n) is 2.02. The van der Waals surface area contributed by atoms with Crippen molar-refractivity contribution >= 4 is 16.3 Å². The highest BCUT2D eigenvalue weighted by Gasteiger charge is 2.16. The van der Waals surface area contributed by atoms with E-state index in [9.17, 15) is 10.1 Å². The summed E-state index contributed by atoms with van der Waals surface area (Å²) >= 11 is 1.26. The number of hydrogen-bond donors (Lipinski definition) is 1. The number of nitrogens with zero attached hydrogens (tertiary/aromatic N) is 2. The molecule has 1 fully saturated rings. The van der Waals surface area contributed by atoms with Crippen LogP contribution in [0.15, 0.2) is 12.1 Å². The van der Waals surface area contributed by atoms with Crippen LogP contribution in [0.3, 0.4) is 0 Å². The maximum Gasteiger partial charge on any atom is 0.324 e. The summed E-state index contributed by atoms with van der Waals surface area (Å²) in [6, 6.07) is 3.97. The van der Waals surface area contributed by atoms with Gasteiger partial charge in [0, 0.05) is 23.5 Å². The van der Waals surface area contributed by atoms with E-state index in [2.05, 4.69) is 17.3 Å². The molecule has 1 N–H and O–H groups in total. The Balaban J connectivity index is 1.79. The van der Waals surface area contributed by atoms with E-state index in [0.29, 0.717) is 6.04 Å². The highest BCUT2D eigenvalue weighted by molar-refractivity contribution is 7.15. The Morgan fingerprint density at radius 1 is 1.53 bits per heavy atom. The zero-order valence-corrected chi connectivity index (χ0v) is 10.7. The second kappa shape index (κ2) is 5.57. The van der Waals surface area contributed by atoms with Crippen molar-refractivity contribution in [2.75, 3.05) is 20.1 Å². The molecule has 0 unspecified atom stereocenters. The van der Waals surface area contributed by atoms with Crippen molar-refractivity contribution in [2.45, 2.75) is 25.4 Å². The largest absolute Gasteiger partial charge is 0.324 e. The average Bonchev–Trinajstić information content (AvgIpc) is 2.77. The molecule has 1 saturated heterocycles. The lowest BCUT2D eigenvalue weighted by atomic mass is 10.1. The minimum atomic E-state index is -0.330. The second-order valence-corrected chi connectivity index (χ2v) is 5.60. The molecular weight excluding hydrogens is 238 g/mol. The van der Waals surface area contributed by atoms with Crippen LogP contribution in [0.5, 0.6) is 0 Å². The van der Waals surface area contributed by atoms with Crippen LogP contribution in [-0.2, 0) is 6.54 Å². The first kappa shape index (κ1) is 12.5. The summed E-state index contributed by atoms with van der Waals surface area (Å²) in [6.07, 6.45) is 2.31. The summed E-state index contributed by atoms with van der Waals surface area (Å²) in [4.78, 5) is 13.6. The minimum Gasteiger partial charge on any atom is -0.309 e. The summed E-state index contributed by atoms with van der Waals surface area (Å²) in [6.45, 7) is 3.00. The number of thiophene rings is 1. The summed E-state index contributed by atoms with van der Waals surface area (Å²) in [5.41, 5.74) is 0. The van der Waals surface area contributed by atoms with Crippen molar-refractivity contribution in [3.8, 4) is 0 Å². The lowest BCUT2D eigenvalue weighted by Crippen LogP contribution is -2.40. The van der Waals surface area contributed by atoms with E-state index in [1.807, 2.05) is 6.07 Å². The summed E-state index contributed by atoms with van der Waals surface area (Å²) in [7, 11) is 2.14. The highest BCUT2D eigenvalue weighted by Crippen LogP contribution is 2.24. The molecule has 2 rings (SSSR count). The number of nitrogens with one attached hydrogen (secondary N) is 1. The van der Waals surface area contributed by atoms with Crippen molar-refractivity contribution in [2.24, 2.45) is 0 Å². The molecular formula is C11H17N3O2S. The number of rotatable bonds is 4. The van der Waals surface area contributed by atoms with Crippen LogP contribution in [0, 0.1) is 10.1 Å². The fraction of sp³-hybridized carbons (Fsp3) is 0.636. The Morgan fingerprint density at radius 2 is 2.24 bits per heavy atom. The van der Waals surface area contributed by atoms with Crippen molar-refractivity contribution in [3.63, 3.8) is 0 Å². The molecule has 1 aliphatic rings. The predicted molar refractivity (Wildman–Crippen MR) is 68.3 cm³/mol. The van der Waals surface area contributed by atoms with E-state index >= 15 is 0 Å². The maximum absolute atomic E-state index is 10.5. The molecule has 0 spiro atoms. The SMILES string of the molecule is CN1CCC(NCc2ccc([N+](=O)[O-])s2)CC1. The summed E-state index contributed by atoms with van der Waals surface area (Å²) in [5, 5.41) is 14.2. The lowest BCUT2D eigenvalue weighted by molar-refractivity contribution is -0.380. The van der Waals surface area contributed by atoms with Gasteiger partial charge in [-0.25, -0.2) is 0 Å². The normalized spacial score (nSPS) is 18.4. The van der Waals surface area contributed by atoms with Gasteiger partial charge in [-0.1, -0.05) is 11.3 Å². The molecule has 0 bridgehead atoms. The third-order valence-electron chi connectivity index (χ3n) is 3.11. The quantitative estimate of drug-likeness (QED) is 0.659. The lowest BCUT2D eigenvalue weighted by Gasteiger charge is -2.29. The molecule has 0 saturated carbocycles. The van der Waals surface area contributed by atoms with Crippen LogP contribution in [-0.4, -0.2) is 36.0 Å². The van der Waals surface area contributed by atoms with E-state index in [-0.39, 0.29) is 9.92 Å². The van der Waals surface area contributed by atoms with E-state index in [4.69, 9.17) is 0 Å². The van der Waals surface area contributed by atoms with E-state index < -0.39 is 0 Å². The van der Waals surface area contributed by atoms with Crippen molar-refractivity contribution in [1.29, 1.82) is 0 Å². The van der Waals surface area contributed by atoms with Gasteiger partial charge in [-0.3, -0.25) is 10.1 Å². The topological polar surface area (TPSA) is 58.4 Å². The van der Waals surface area contributed by atoms with Crippen LogP contribution in [0.25, 0.3) is 0 Å². The molecule has 1 aromatic heterocycles. The van der Waals surface area contributed by atoms with Gasteiger partial charge in [0.2, 0.25) is 0 Å². The molecule has 5 nitrogen and oxygen atoms in total. The van der Waals surface area contributed by atoms with Crippen molar-refractivity contribution in [3.05, 3.63) is 27.1 Å². The van der Waals surface area contributed by atoms with E-state index in [0.717, 1.165) is 37.4 Å². The smallest absolute Gasteiger partial charge is 0.309 e. The molecule has 94 valence electrons. The standard InChI is InChI=1S/C11H17N3O2S/c1-13-6-4-9(5-7-13)12-8-10-2-3-11(17-10)14(15)16/h2-3,9,12H,4-8H2,1H3. The third kappa shape index (κ3) is 3.49. The Morgan fingerprint density at radius 3 is 2.82 bits per heavy atom. The Hall–Kier alpha value is -0.980. The molecule has 0 amide bonds. The van der Waals surface area contributed by atoms with E-state index in [1.165, 1.54) is 11.3 Å².